The molecule has 1 aromatic heterocycles. The van der Waals surface area contributed by atoms with Gasteiger partial charge < -0.3 is 15.2 Å². The van der Waals surface area contributed by atoms with Gasteiger partial charge in [0.15, 0.2) is 5.69 Å². The molecule has 1 aliphatic rings. The van der Waals surface area contributed by atoms with Crippen LogP contribution >= 0.6 is 23.2 Å². The molecule has 3 aromatic rings. The third kappa shape index (κ3) is 6.69. The van der Waals surface area contributed by atoms with Crippen molar-refractivity contribution < 1.29 is 35.5 Å². The second-order valence-corrected chi connectivity index (χ2v) is 9.92. The number of aromatic amines is 1. The van der Waals surface area contributed by atoms with Crippen molar-refractivity contribution in [3.63, 3.8) is 0 Å². The second-order valence-electron chi connectivity index (χ2n) is 9.04. The van der Waals surface area contributed by atoms with Crippen LogP contribution in [0.25, 0.3) is 11.4 Å². The predicted octanol–water partition coefficient (Wildman–Crippen LogP) is 6.45. The molecule has 0 aliphatic carbocycles. The fraction of sp³-hybridized carbons (Fsp3) is 0.320. The number of aromatic nitrogens is 2. The predicted molar refractivity (Wildman–Crippen MR) is 134 cm³/mol. The van der Waals surface area contributed by atoms with Crippen LogP contribution < -0.4 is 15.8 Å². The Morgan fingerprint density at radius 1 is 1.00 bits per heavy atom. The molecule has 0 atom stereocenters. The van der Waals surface area contributed by atoms with E-state index in [2.05, 4.69) is 10.3 Å². The summed E-state index contributed by atoms with van der Waals surface area (Å²) < 4.78 is 95.7. The van der Waals surface area contributed by atoms with Crippen molar-refractivity contribution in [2.24, 2.45) is 5.92 Å². The normalized spacial score (nSPS) is 14.9. The summed E-state index contributed by atoms with van der Waals surface area (Å²) in [6.07, 6.45) is -9.54. The number of anilines is 1. The first-order chi connectivity index (χ1) is 18.6. The SMILES string of the molecule is O=C(NCc1ccc(C(F)(F)F)c(-c2nc(C(F)(F)F)cc(=O)[nH]2)c1F)C1CCN(c2cc(Cl)cc(Cl)c2)CC1. The molecule has 1 fully saturated rings. The number of alkyl halides is 6. The molecule has 6 nitrogen and oxygen atoms in total. The number of nitrogens with zero attached hydrogens (tertiary/aromatic N) is 2. The molecule has 0 bridgehead atoms. The average Bonchev–Trinajstić information content (AvgIpc) is 2.85. The standard InChI is InChI=1S/C25H19Cl2F7N4O2/c26-14-7-15(27)9-16(8-14)38-5-3-12(4-6-38)23(40)35-11-13-1-2-17(24(29,30)31)20(21(13)28)22-36-18(25(32,33)34)10-19(39)37-22/h1-2,7-10,12H,3-6,11H2,(H,35,40)(H,36,37,39). The van der Waals surface area contributed by atoms with E-state index in [1.54, 1.807) is 23.2 Å². The minimum atomic E-state index is -5.19. The van der Waals surface area contributed by atoms with E-state index in [1.165, 1.54) is 0 Å². The van der Waals surface area contributed by atoms with Crippen LogP contribution in [0.3, 0.4) is 0 Å². The molecule has 1 aliphatic heterocycles. The third-order valence-corrected chi connectivity index (χ3v) is 6.76. The Morgan fingerprint density at radius 2 is 1.62 bits per heavy atom. The van der Waals surface area contributed by atoms with Crippen LogP contribution in [0, 0.1) is 11.7 Å². The molecule has 2 N–H and O–H groups in total. The summed E-state index contributed by atoms with van der Waals surface area (Å²) in [4.78, 5) is 31.3. The summed E-state index contributed by atoms with van der Waals surface area (Å²) in [7, 11) is 0. The zero-order chi connectivity index (χ0) is 29.4. The Balaban J connectivity index is 1.53. The second kappa shape index (κ2) is 11.3. The van der Waals surface area contributed by atoms with E-state index in [1.807, 2.05) is 4.90 Å². The number of hydrogen-bond donors (Lipinski definition) is 2. The van der Waals surface area contributed by atoms with Crippen LogP contribution in [0.4, 0.5) is 36.4 Å². The summed E-state index contributed by atoms with van der Waals surface area (Å²) in [5.74, 6) is -3.78. The van der Waals surface area contributed by atoms with Crippen molar-refractivity contribution in [1.82, 2.24) is 15.3 Å². The number of carbonyl (C=O) groups excluding carboxylic acids is 1. The van der Waals surface area contributed by atoms with Crippen LogP contribution in [-0.4, -0.2) is 29.0 Å². The Morgan fingerprint density at radius 3 is 2.20 bits per heavy atom. The summed E-state index contributed by atoms with van der Waals surface area (Å²) in [6.45, 7) is 0.396. The van der Waals surface area contributed by atoms with Crippen molar-refractivity contribution in [1.29, 1.82) is 0 Å². The Bertz CT molecular complexity index is 1460. The summed E-state index contributed by atoms with van der Waals surface area (Å²) in [6, 6.07) is 6.30. The van der Waals surface area contributed by atoms with Crippen LogP contribution in [0.5, 0.6) is 0 Å². The Kier molecular flexibility index (Phi) is 8.36. The highest BCUT2D eigenvalue weighted by atomic mass is 35.5. The van der Waals surface area contributed by atoms with E-state index in [-0.39, 0.29) is 6.07 Å². The summed E-state index contributed by atoms with van der Waals surface area (Å²) >= 11 is 12.1. The van der Waals surface area contributed by atoms with E-state index in [0.717, 1.165) is 11.8 Å². The molecular formula is C25H19Cl2F7N4O2. The lowest BCUT2D eigenvalue weighted by molar-refractivity contribution is -0.141. The number of rotatable bonds is 5. The maximum absolute atomic E-state index is 15.4. The monoisotopic (exact) mass is 610 g/mol. The number of halogens is 9. The molecule has 4 rings (SSSR count). The molecule has 0 unspecified atom stereocenters. The van der Waals surface area contributed by atoms with Crippen molar-refractivity contribution in [2.75, 3.05) is 18.0 Å². The quantitative estimate of drug-likeness (QED) is 0.325. The molecule has 0 radical (unpaired) electrons. The smallest absolute Gasteiger partial charge is 0.371 e. The highest BCUT2D eigenvalue weighted by Gasteiger charge is 2.39. The van der Waals surface area contributed by atoms with Gasteiger partial charge in [-0.05, 0) is 37.1 Å². The van der Waals surface area contributed by atoms with Gasteiger partial charge in [0.05, 0.1) is 11.1 Å². The Hall–Kier alpha value is -3.32. The van der Waals surface area contributed by atoms with Crippen LogP contribution in [0.2, 0.25) is 10.0 Å². The van der Waals surface area contributed by atoms with Gasteiger partial charge in [-0.2, -0.15) is 26.3 Å². The topological polar surface area (TPSA) is 78.1 Å². The van der Waals surface area contributed by atoms with E-state index < -0.39 is 70.3 Å². The van der Waals surface area contributed by atoms with Crippen molar-refractivity contribution in [2.45, 2.75) is 31.7 Å². The molecule has 1 amide bonds. The largest absolute Gasteiger partial charge is 0.433 e. The molecule has 214 valence electrons. The maximum Gasteiger partial charge on any atom is 0.433 e. The van der Waals surface area contributed by atoms with E-state index in [9.17, 15) is 35.9 Å². The number of hydrogen-bond acceptors (Lipinski definition) is 4. The first-order valence-corrected chi connectivity index (χ1v) is 12.5. The van der Waals surface area contributed by atoms with E-state index in [0.29, 0.717) is 42.0 Å². The maximum atomic E-state index is 15.4. The minimum Gasteiger partial charge on any atom is -0.371 e. The van der Waals surface area contributed by atoms with Crippen LogP contribution in [-0.2, 0) is 23.7 Å². The molecule has 0 saturated carbocycles. The lowest BCUT2D eigenvalue weighted by Crippen LogP contribution is -2.40. The number of amides is 1. The van der Waals surface area contributed by atoms with E-state index >= 15 is 4.39 Å². The number of H-pyrrole nitrogens is 1. The molecule has 2 heterocycles. The number of carbonyl (C=O) groups is 1. The van der Waals surface area contributed by atoms with Gasteiger partial charge in [-0.15, -0.1) is 0 Å². The summed E-state index contributed by atoms with van der Waals surface area (Å²) in [5, 5.41) is 3.37. The number of piperidine rings is 1. The van der Waals surface area contributed by atoms with Gasteiger partial charge >= 0.3 is 12.4 Å². The number of nitrogens with one attached hydrogen (secondary N) is 2. The van der Waals surface area contributed by atoms with Crippen molar-refractivity contribution in [3.8, 4) is 11.4 Å². The van der Waals surface area contributed by atoms with Gasteiger partial charge in [-0.3, -0.25) is 9.59 Å². The molecule has 1 saturated heterocycles. The fourth-order valence-electron chi connectivity index (χ4n) is 4.39. The lowest BCUT2D eigenvalue weighted by Gasteiger charge is -2.33. The lowest BCUT2D eigenvalue weighted by atomic mass is 9.95. The average molecular weight is 611 g/mol. The zero-order valence-corrected chi connectivity index (χ0v) is 21.7. The highest BCUT2D eigenvalue weighted by Crippen LogP contribution is 2.39. The van der Waals surface area contributed by atoms with E-state index in [4.69, 9.17) is 23.2 Å². The Labute approximate surface area is 232 Å². The molecular weight excluding hydrogens is 592 g/mol. The van der Waals surface area contributed by atoms with Crippen LogP contribution in [0.15, 0.2) is 41.2 Å². The van der Waals surface area contributed by atoms with Gasteiger partial charge in [0, 0.05) is 52.9 Å². The molecule has 2 aromatic carbocycles. The van der Waals surface area contributed by atoms with Gasteiger partial charge in [-0.25, -0.2) is 9.37 Å². The van der Waals surface area contributed by atoms with Gasteiger partial charge in [0.25, 0.3) is 5.56 Å². The summed E-state index contributed by atoms with van der Waals surface area (Å²) in [5.41, 5.74) is -5.88. The molecule has 15 heteroatoms. The number of benzene rings is 2. The van der Waals surface area contributed by atoms with Crippen molar-refractivity contribution in [3.05, 3.63) is 79.4 Å². The fourth-order valence-corrected chi connectivity index (χ4v) is 4.91. The van der Waals surface area contributed by atoms with Crippen LogP contribution in [0.1, 0.15) is 29.7 Å². The highest BCUT2D eigenvalue weighted by molar-refractivity contribution is 6.35. The van der Waals surface area contributed by atoms with Crippen molar-refractivity contribution >= 4 is 34.8 Å². The zero-order valence-electron chi connectivity index (χ0n) is 20.2. The first kappa shape index (κ1) is 29.7. The first-order valence-electron chi connectivity index (χ1n) is 11.7. The minimum absolute atomic E-state index is 0.0467. The molecule has 0 spiro atoms. The van der Waals surface area contributed by atoms with Gasteiger partial charge in [0.2, 0.25) is 5.91 Å². The molecule has 40 heavy (non-hydrogen) atoms. The van der Waals surface area contributed by atoms with Gasteiger partial charge in [-0.1, -0.05) is 29.3 Å². The van der Waals surface area contributed by atoms with Gasteiger partial charge in [0.1, 0.15) is 11.6 Å². The third-order valence-electron chi connectivity index (χ3n) is 6.33.